The van der Waals surface area contributed by atoms with Crippen molar-refractivity contribution in [3.05, 3.63) is 29.1 Å². The van der Waals surface area contributed by atoms with Crippen LogP contribution < -0.4 is 10.1 Å². The lowest BCUT2D eigenvalue weighted by atomic mass is 9.90. The molecule has 1 aromatic carbocycles. The summed E-state index contributed by atoms with van der Waals surface area (Å²) in [5.41, 5.74) is 2.08. The standard InChI is InChI=1S/C18H21N3O3S/c1-21(18(22)23)12-8-6-11(7-9-12)19-17-20-16-13-4-2-3-5-14(13)24-10-15(16)25-17/h2-5,11-12H,6-10H2,1H3,(H,19,20)(H,22,23). The molecule has 0 atom stereocenters. The smallest absolute Gasteiger partial charge is 0.407 e. The van der Waals surface area contributed by atoms with E-state index < -0.39 is 6.09 Å². The molecule has 1 fully saturated rings. The molecule has 4 rings (SSSR count). The number of carboxylic acid groups (broad SMARTS) is 1. The number of thiazole rings is 1. The molecule has 0 saturated heterocycles. The Morgan fingerprint density at radius 1 is 1.32 bits per heavy atom. The molecule has 1 aliphatic heterocycles. The molecule has 0 spiro atoms. The van der Waals surface area contributed by atoms with E-state index in [0.717, 1.165) is 52.7 Å². The van der Waals surface area contributed by atoms with E-state index in [9.17, 15) is 4.79 Å². The first-order chi connectivity index (χ1) is 12.1. The first-order valence-corrected chi connectivity index (χ1v) is 9.37. The van der Waals surface area contributed by atoms with Crippen LogP contribution in [-0.2, 0) is 6.61 Å². The minimum atomic E-state index is -0.845. The summed E-state index contributed by atoms with van der Waals surface area (Å²) in [5.74, 6) is 0.893. The molecule has 2 aliphatic rings. The van der Waals surface area contributed by atoms with Gasteiger partial charge in [-0.2, -0.15) is 0 Å². The molecule has 132 valence electrons. The summed E-state index contributed by atoms with van der Waals surface area (Å²) in [6.07, 6.45) is 2.84. The van der Waals surface area contributed by atoms with E-state index in [2.05, 4.69) is 5.32 Å². The van der Waals surface area contributed by atoms with E-state index >= 15 is 0 Å². The van der Waals surface area contributed by atoms with Crippen LogP contribution in [0.15, 0.2) is 24.3 Å². The normalized spacial score (nSPS) is 21.6. The van der Waals surface area contributed by atoms with Gasteiger partial charge >= 0.3 is 6.09 Å². The number of aromatic nitrogens is 1. The lowest BCUT2D eigenvalue weighted by molar-refractivity contribution is 0.125. The van der Waals surface area contributed by atoms with E-state index in [4.69, 9.17) is 14.8 Å². The average Bonchev–Trinajstić information content (AvgIpc) is 3.04. The fraction of sp³-hybridized carbons (Fsp3) is 0.444. The molecular weight excluding hydrogens is 338 g/mol. The van der Waals surface area contributed by atoms with Crippen molar-refractivity contribution >= 4 is 22.6 Å². The molecule has 1 aromatic heterocycles. The lowest BCUT2D eigenvalue weighted by Crippen LogP contribution is -2.40. The lowest BCUT2D eigenvalue weighted by Gasteiger charge is -2.33. The highest BCUT2D eigenvalue weighted by atomic mass is 32.1. The maximum Gasteiger partial charge on any atom is 0.407 e. The summed E-state index contributed by atoms with van der Waals surface area (Å²) in [5, 5.41) is 13.6. The molecule has 2 heterocycles. The molecule has 0 unspecified atom stereocenters. The Hall–Kier alpha value is -2.28. The van der Waals surface area contributed by atoms with Crippen LogP contribution in [0.3, 0.4) is 0 Å². The van der Waals surface area contributed by atoms with Crippen LogP contribution in [0.2, 0.25) is 0 Å². The second-order valence-electron chi connectivity index (χ2n) is 6.62. The third kappa shape index (κ3) is 3.16. The predicted molar refractivity (Wildman–Crippen MR) is 97.3 cm³/mol. The SMILES string of the molecule is CN(C(=O)O)C1CCC(Nc2nc3c(s2)COc2ccccc2-3)CC1. The molecule has 7 heteroatoms. The monoisotopic (exact) mass is 359 g/mol. The van der Waals surface area contributed by atoms with Crippen molar-refractivity contribution < 1.29 is 14.6 Å². The van der Waals surface area contributed by atoms with Crippen LogP contribution in [0.25, 0.3) is 11.3 Å². The van der Waals surface area contributed by atoms with Crippen molar-refractivity contribution in [1.82, 2.24) is 9.88 Å². The van der Waals surface area contributed by atoms with Crippen molar-refractivity contribution in [2.75, 3.05) is 12.4 Å². The van der Waals surface area contributed by atoms with Gasteiger partial charge in [0, 0.05) is 24.7 Å². The van der Waals surface area contributed by atoms with Gasteiger partial charge in [0.1, 0.15) is 12.4 Å². The van der Waals surface area contributed by atoms with Crippen molar-refractivity contribution in [2.24, 2.45) is 0 Å². The van der Waals surface area contributed by atoms with Crippen molar-refractivity contribution in [3.63, 3.8) is 0 Å². The third-order valence-corrected chi connectivity index (χ3v) is 6.03. The second-order valence-corrected chi connectivity index (χ2v) is 7.70. The van der Waals surface area contributed by atoms with Crippen LogP contribution >= 0.6 is 11.3 Å². The first kappa shape index (κ1) is 16.2. The number of rotatable bonds is 3. The summed E-state index contributed by atoms with van der Waals surface area (Å²) in [6.45, 7) is 0.571. The Balaban J connectivity index is 1.43. The minimum Gasteiger partial charge on any atom is -0.487 e. The van der Waals surface area contributed by atoms with E-state index in [1.807, 2.05) is 24.3 Å². The fourth-order valence-corrected chi connectivity index (χ4v) is 4.56. The Morgan fingerprint density at radius 3 is 2.84 bits per heavy atom. The minimum absolute atomic E-state index is 0.125. The molecule has 1 aliphatic carbocycles. The van der Waals surface area contributed by atoms with Gasteiger partial charge in [-0.25, -0.2) is 9.78 Å². The number of carbonyl (C=O) groups is 1. The topological polar surface area (TPSA) is 74.7 Å². The summed E-state index contributed by atoms with van der Waals surface area (Å²) in [7, 11) is 1.66. The Labute approximate surface area is 150 Å². The van der Waals surface area contributed by atoms with E-state index in [0.29, 0.717) is 12.6 Å². The van der Waals surface area contributed by atoms with Gasteiger partial charge in [-0.1, -0.05) is 23.5 Å². The van der Waals surface area contributed by atoms with Crippen molar-refractivity contribution in [1.29, 1.82) is 0 Å². The zero-order valence-corrected chi connectivity index (χ0v) is 14.9. The molecule has 1 amide bonds. The molecule has 2 aromatic rings. The average molecular weight is 359 g/mol. The zero-order valence-electron chi connectivity index (χ0n) is 14.1. The van der Waals surface area contributed by atoms with Crippen LogP contribution in [-0.4, -0.2) is 40.2 Å². The molecule has 25 heavy (non-hydrogen) atoms. The number of ether oxygens (including phenoxy) is 1. The number of fused-ring (bicyclic) bond motifs is 3. The zero-order chi connectivity index (χ0) is 17.4. The maximum absolute atomic E-state index is 11.1. The molecule has 1 saturated carbocycles. The summed E-state index contributed by atoms with van der Waals surface area (Å²) >= 11 is 1.65. The predicted octanol–water partition coefficient (Wildman–Crippen LogP) is 4.04. The van der Waals surface area contributed by atoms with Gasteiger partial charge in [0.05, 0.1) is 10.6 Å². The van der Waals surface area contributed by atoms with Crippen LogP contribution in [0.1, 0.15) is 30.6 Å². The highest BCUT2D eigenvalue weighted by molar-refractivity contribution is 7.16. The Kier molecular flexibility index (Phi) is 4.25. The molecule has 0 radical (unpaired) electrons. The highest BCUT2D eigenvalue weighted by Crippen LogP contribution is 2.41. The van der Waals surface area contributed by atoms with Gasteiger partial charge < -0.3 is 20.1 Å². The number of para-hydroxylation sites is 1. The van der Waals surface area contributed by atoms with E-state index in [1.165, 1.54) is 4.90 Å². The fourth-order valence-electron chi connectivity index (χ4n) is 3.59. The largest absolute Gasteiger partial charge is 0.487 e. The number of anilines is 1. The number of nitrogens with zero attached hydrogens (tertiary/aromatic N) is 2. The third-order valence-electron chi connectivity index (χ3n) is 5.07. The highest BCUT2D eigenvalue weighted by Gasteiger charge is 2.28. The van der Waals surface area contributed by atoms with E-state index in [-0.39, 0.29) is 6.04 Å². The van der Waals surface area contributed by atoms with Crippen molar-refractivity contribution in [3.8, 4) is 17.0 Å². The van der Waals surface area contributed by atoms with Gasteiger partial charge in [0.2, 0.25) is 0 Å². The van der Waals surface area contributed by atoms with Gasteiger partial charge in [0.15, 0.2) is 5.13 Å². The Morgan fingerprint density at radius 2 is 2.08 bits per heavy atom. The first-order valence-electron chi connectivity index (χ1n) is 8.56. The van der Waals surface area contributed by atoms with Gasteiger partial charge in [-0.15, -0.1) is 0 Å². The quantitative estimate of drug-likeness (QED) is 0.865. The second kappa shape index (κ2) is 6.55. The molecule has 2 N–H and O–H groups in total. The Bertz CT molecular complexity index is 784. The molecule has 6 nitrogen and oxygen atoms in total. The van der Waals surface area contributed by atoms with Crippen LogP contribution in [0.4, 0.5) is 9.93 Å². The van der Waals surface area contributed by atoms with Gasteiger partial charge in [0.25, 0.3) is 0 Å². The number of amides is 1. The maximum atomic E-state index is 11.1. The number of nitrogens with one attached hydrogen (secondary N) is 1. The summed E-state index contributed by atoms with van der Waals surface area (Å²) in [6, 6.07) is 8.48. The van der Waals surface area contributed by atoms with Crippen molar-refractivity contribution in [2.45, 2.75) is 44.4 Å². The summed E-state index contributed by atoms with van der Waals surface area (Å²) < 4.78 is 5.80. The summed E-state index contributed by atoms with van der Waals surface area (Å²) in [4.78, 5) is 18.5. The molecule has 0 bridgehead atoms. The number of hydrogen-bond acceptors (Lipinski definition) is 5. The van der Waals surface area contributed by atoms with E-state index in [1.54, 1.807) is 18.4 Å². The number of hydrogen-bond donors (Lipinski definition) is 2. The molecular formula is C18H21N3O3S. The van der Waals surface area contributed by atoms with Crippen LogP contribution in [0, 0.1) is 0 Å². The van der Waals surface area contributed by atoms with Gasteiger partial charge in [-0.05, 0) is 37.8 Å². The number of benzene rings is 1. The van der Waals surface area contributed by atoms with Gasteiger partial charge in [-0.3, -0.25) is 0 Å². The van der Waals surface area contributed by atoms with Crippen LogP contribution in [0.5, 0.6) is 5.75 Å².